The van der Waals surface area contributed by atoms with Crippen LogP contribution in [0, 0.1) is 17.5 Å². The Balaban J connectivity index is 1.78. The van der Waals surface area contributed by atoms with Crippen LogP contribution < -0.4 is 10.3 Å². The van der Waals surface area contributed by atoms with Gasteiger partial charge in [0, 0.05) is 18.4 Å². The van der Waals surface area contributed by atoms with E-state index in [1.54, 1.807) is 11.4 Å². The van der Waals surface area contributed by atoms with Gasteiger partial charge >= 0.3 is 0 Å². The maximum Gasteiger partial charge on any atom is 0.230 e. The fourth-order valence-electron chi connectivity index (χ4n) is 2.23. The van der Waals surface area contributed by atoms with Crippen LogP contribution in [0.5, 0.6) is 0 Å². The highest BCUT2D eigenvalue weighted by molar-refractivity contribution is 7.14. The van der Waals surface area contributed by atoms with Crippen LogP contribution in [0.2, 0.25) is 0 Å². The highest BCUT2D eigenvalue weighted by Gasteiger charge is 2.20. The minimum atomic E-state index is -0.784. The number of nitrogens with zero attached hydrogens (tertiary/aromatic N) is 3. The molecule has 27 heavy (non-hydrogen) atoms. The average Bonchev–Trinajstić information content (AvgIpc) is 3.07. The van der Waals surface area contributed by atoms with Crippen LogP contribution in [-0.2, 0) is 4.79 Å². The van der Waals surface area contributed by atoms with Crippen molar-refractivity contribution in [1.82, 2.24) is 4.98 Å². The summed E-state index contributed by atoms with van der Waals surface area (Å²) in [6.07, 6.45) is 1.31. The Morgan fingerprint density at radius 1 is 1.19 bits per heavy atom. The van der Waals surface area contributed by atoms with Gasteiger partial charge in [0.15, 0.2) is 10.9 Å². The second-order valence-corrected chi connectivity index (χ2v) is 6.19. The van der Waals surface area contributed by atoms with E-state index in [-0.39, 0.29) is 16.5 Å². The first-order chi connectivity index (χ1) is 13.0. The molecule has 1 amide bonds. The lowest BCUT2D eigenvalue weighted by Gasteiger charge is -2.18. The van der Waals surface area contributed by atoms with Crippen molar-refractivity contribution >= 4 is 40.0 Å². The molecule has 1 N–H and O–H groups in total. The zero-order valence-corrected chi connectivity index (χ0v) is 14.8. The molecule has 3 rings (SSSR count). The summed E-state index contributed by atoms with van der Waals surface area (Å²) in [4.78, 5) is 17.4. The molecule has 0 aliphatic carbocycles. The zero-order valence-electron chi connectivity index (χ0n) is 14.0. The molecule has 0 aliphatic heterocycles. The highest BCUT2D eigenvalue weighted by Crippen LogP contribution is 2.30. The van der Waals surface area contributed by atoms with Gasteiger partial charge in [0.05, 0.1) is 23.3 Å². The molecule has 0 fully saturated rings. The number of benzene rings is 2. The van der Waals surface area contributed by atoms with Gasteiger partial charge in [0.2, 0.25) is 5.91 Å². The summed E-state index contributed by atoms with van der Waals surface area (Å²) in [7, 11) is 0. The third-order valence-electron chi connectivity index (χ3n) is 3.42. The normalized spacial score (nSPS) is 11.0. The Morgan fingerprint density at radius 3 is 2.67 bits per heavy atom. The first-order valence-corrected chi connectivity index (χ1v) is 8.58. The van der Waals surface area contributed by atoms with E-state index in [9.17, 15) is 18.0 Å². The lowest BCUT2D eigenvalue weighted by molar-refractivity contribution is -0.115. The van der Waals surface area contributed by atoms with Gasteiger partial charge in [0.1, 0.15) is 11.6 Å². The zero-order chi connectivity index (χ0) is 19.4. The molecule has 2 aromatic carbocycles. The number of hydrogen-bond donors (Lipinski definition) is 1. The van der Waals surface area contributed by atoms with E-state index in [2.05, 4.69) is 15.5 Å². The fraction of sp³-hybridized carbons (Fsp3) is 0.0556. The number of amides is 1. The van der Waals surface area contributed by atoms with Crippen molar-refractivity contribution < 1.29 is 18.0 Å². The monoisotopic (exact) mass is 390 g/mol. The molecular formula is C18H13F3N4OS. The number of hydrazone groups is 1. The van der Waals surface area contributed by atoms with E-state index in [1.165, 1.54) is 37.4 Å². The first kappa shape index (κ1) is 18.6. The van der Waals surface area contributed by atoms with Crippen LogP contribution in [0.3, 0.4) is 0 Å². The number of thiazole rings is 1. The molecule has 3 aromatic rings. The SMILES string of the molecule is CC(=O)N(c1nc(/C=N\Nc2ccc(F)cc2F)cs1)c1ccccc1F. The number of rotatable bonds is 5. The third-order valence-corrected chi connectivity index (χ3v) is 4.27. The molecule has 1 aromatic heterocycles. The quantitative estimate of drug-likeness (QED) is 0.508. The molecule has 0 atom stereocenters. The molecule has 0 saturated carbocycles. The number of anilines is 3. The standard InChI is InChI=1S/C18H13F3N4OS/c1-11(26)25(17-5-3-2-4-14(17)20)18-23-13(10-27-18)9-22-24-16-7-6-12(19)8-15(16)21/h2-10,24H,1H3/b22-9-. The number of para-hydroxylation sites is 1. The van der Waals surface area contributed by atoms with E-state index in [0.29, 0.717) is 5.69 Å². The number of carbonyl (C=O) groups is 1. The Morgan fingerprint density at radius 2 is 1.96 bits per heavy atom. The summed E-state index contributed by atoms with van der Waals surface area (Å²) in [6, 6.07) is 8.92. The fourth-order valence-corrected chi connectivity index (χ4v) is 3.06. The first-order valence-electron chi connectivity index (χ1n) is 7.70. The molecular weight excluding hydrogens is 377 g/mol. The van der Waals surface area contributed by atoms with Crippen LogP contribution >= 0.6 is 11.3 Å². The van der Waals surface area contributed by atoms with Gasteiger partial charge < -0.3 is 0 Å². The van der Waals surface area contributed by atoms with Crippen LogP contribution in [0.1, 0.15) is 12.6 Å². The summed E-state index contributed by atoms with van der Waals surface area (Å²) >= 11 is 1.13. The Labute approximate surface area is 156 Å². The minimum Gasteiger partial charge on any atom is -0.275 e. The molecule has 0 radical (unpaired) electrons. The Hall–Kier alpha value is -3.20. The van der Waals surface area contributed by atoms with Crippen molar-refractivity contribution in [3.05, 3.63) is 71.0 Å². The van der Waals surface area contributed by atoms with Gasteiger partial charge in [-0.1, -0.05) is 12.1 Å². The van der Waals surface area contributed by atoms with E-state index in [1.807, 2.05) is 0 Å². The van der Waals surface area contributed by atoms with Crippen molar-refractivity contribution in [3.8, 4) is 0 Å². The number of halogens is 3. The number of hydrogen-bond acceptors (Lipinski definition) is 5. The van der Waals surface area contributed by atoms with Crippen LogP contribution in [-0.4, -0.2) is 17.1 Å². The van der Waals surface area contributed by atoms with Gasteiger partial charge in [-0.3, -0.25) is 15.1 Å². The lowest BCUT2D eigenvalue weighted by atomic mass is 10.3. The van der Waals surface area contributed by atoms with Crippen LogP contribution in [0.15, 0.2) is 52.9 Å². The number of carbonyl (C=O) groups excluding carboxylic acids is 1. The van der Waals surface area contributed by atoms with Gasteiger partial charge in [-0.25, -0.2) is 18.2 Å². The highest BCUT2D eigenvalue weighted by atomic mass is 32.1. The molecule has 0 aliphatic rings. The second kappa shape index (κ2) is 8.00. The smallest absolute Gasteiger partial charge is 0.230 e. The second-order valence-electron chi connectivity index (χ2n) is 5.35. The minimum absolute atomic E-state index is 0.000165. The predicted octanol–water partition coefficient (Wildman–Crippen LogP) is 4.69. The average molecular weight is 390 g/mol. The maximum absolute atomic E-state index is 14.0. The van der Waals surface area contributed by atoms with E-state index in [0.717, 1.165) is 28.4 Å². The molecule has 5 nitrogen and oxygen atoms in total. The van der Waals surface area contributed by atoms with Gasteiger partial charge in [-0.15, -0.1) is 11.3 Å². The van der Waals surface area contributed by atoms with Crippen molar-refractivity contribution in [2.75, 3.05) is 10.3 Å². The van der Waals surface area contributed by atoms with Gasteiger partial charge in [-0.2, -0.15) is 5.10 Å². The van der Waals surface area contributed by atoms with E-state index in [4.69, 9.17) is 0 Å². The largest absolute Gasteiger partial charge is 0.275 e. The van der Waals surface area contributed by atoms with Crippen molar-refractivity contribution in [2.45, 2.75) is 6.92 Å². The summed E-state index contributed by atoms with van der Waals surface area (Å²) in [5.41, 5.74) is 2.92. The third kappa shape index (κ3) is 4.32. The molecule has 0 spiro atoms. The lowest BCUT2D eigenvalue weighted by Crippen LogP contribution is -2.23. The summed E-state index contributed by atoms with van der Waals surface area (Å²) in [5.74, 6) is -2.42. The summed E-state index contributed by atoms with van der Waals surface area (Å²) < 4.78 is 40.4. The molecule has 9 heteroatoms. The molecule has 1 heterocycles. The van der Waals surface area contributed by atoms with Crippen LogP contribution in [0.25, 0.3) is 0 Å². The predicted molar refractivity (Wildman–Crippen MR) is 98.9 cm³/mol. The van der Waals surface area contributed by atoms with Gasteiger partial charge in [-0.05, 0) is 24.3 Å². The Bertz CT molecular complexity index is 1010. The molecule has 0 unspecified atom stereocenters. The van der Waals surface area contributed by atoms with E-state index < -0.39 is 23.4 Å². The molecule has 0 bridgehead atoms. The summed E-state index contributed by atoms with van der Waals surface area (Å²) in [5, 5.41) is 5.71. The number of nitrogens with one attached hydrogen (secondary N) is 1. The topological polar surface area (TPSA) is 57.6 Å². The van der Waals surface area contributed by atoms with Crippen molar-refractivity contribution in [1.29, 1.82) is 0 Å². The van der Waals surface area contributed by atoms with Gasteiger partial charge in [0.25, 0.3) is 0 Å². The maximum atomic E-state index is 14.0. The Kier molecular flexibility index (Phi) is 5.51. The number of aromatic nitrogens is 1. The van der Waals surface area contributed by atoms with E-state index >= 15 is 0 Å². The molecule has 0 saturated heterocycles. The molecule has 138 valence electrons. The van der Waals surface area contributed by atoms with Crippen molar-refractivity contribution in [2.24, 2.45) is 5.10 Å². The van der Waals surface area contributed by atoms with Crippen molar-refractivity contribution in [3.63, 3.8) is 0 Å². The van der Waals surface area contributed by atoms with Crippen LogP contribution in [0.4, 0.5) is 29.7 Å². The summed E-state index contributed by atoms with van der Waals surface area (Å²) in [6.45, 7) is 1.31.